The molecule has 0 aliphatic carbocycles. The highest BCUT2D eigenvalue weighted by atomic mass is 19.4. The lowest BCUT2D eigenvalue weighted by Crippen LogP contribution is -2.25. The number of benzene rings is 3. The molecule has 0 fully saturated rings. The van der Waals surface area contributed by atoms with Gasteiger partial charge in [0, 0.05) is 5.56 Å². The monoisotopic (exact) mass is 432 g/mol. The minimum atomic E-state index is -5.23. The van der Waals surface area contributed by atoms with Crippen LogP contribution < -0.4 is 4.74 Å². The summed E-state index contributed by atoms with van der Waals surface area (Å²) in [6.07, 6.45) is -9.94. The third-order valence-electron chi connectivity index (χ3n) is 4.27. The predicted octanol–water partition coefficient (Wildman–Crippen LogP) is 7.23. The maximum atomic E-state index is 14.4. The van der Waals surface area contributed by atoms with Gasteiger partial charge < -0.3 is 4.74 Å². The van der Waals surface area contributed by atoms with Gasteiger partial charge in [0.05, 0.1) is 5.56 Å². The Kier molecular flexibility index (Phi) is 5.49. The van der Waals surface area contributed by atoms with Crippen LogP contribution in [0.3, 0.4) is 0 Å². The average Bonchev–Trinajstić information content (AvgIpc) is 2.65. The molecule has 0 N–H and O–H groups in total. The van der Waals surface area contributed by atoms with Crippen LogP contribution in [0.2, 0.25) is 0 Å². The van der Waals surface area contributed by atoms with Crippen LogP contribution >= 0.6 is 0 Å². The fourth-order valence-electron chi connectivity index (χ4n) is 2.74. The van der Waals surface area contributed by atoms with Crippen molar-refractivity contribution in [2.45, 2.75) is 19.2 Å². The van der Waals surface area contributed by atoms with Crippen LogP contribution in [0.5, 0.6) is 5.75 Å². The molecule has 0 aliphatic heterocycles. The summed E-state index contributed by atoms with van der Waals surface area (Å²) in [5.74, 6) is -6.85. The molecule has 0 saturated heterocycles. The molecule has 0 saturated carbocycles. The molecule has 1 nitrogen and oxygen atoms in total. The Morgan fingerprint density at radius 3 is 1.87 bits per heavy atom. The lowest BCUT2D eigenvalue weighted by molar-refractivity contribution is -0.190. The standard InChI is InChI=1S/C21H12F8O/c1-11-5-7-12(8-6-11)13-9-10-16(19(24)17(13)22)30-21(28,29)15-4-2-3-14(18(15)23)20(25,26)27/h2-10H,1H3. The van der Waals surface area contributed by atoms with E-state index in [1.807, 2.05) is 0 Å². The highest BCUT2D eigenvalue weighted by Crippen LogP contribution is 2.40. The van der Waals surface area contributed by atoms with Crippen LogP contribution in [-0.4, -0.2) is 0 Å². The van der Waals surface area contributed by atoms with Gasteiger partial charge in [0.15, 0.2) is 11.6 Å². The summed E-state index contributed by atoms with van der Waals surface area (Å²) < 4.78 is 114. The molecular weight excluding hydrogens is 420 g/mol. The molecule has 0 aromatic heterocycles. The summed E-state index contributed by atoms with van der Waals surface area (Å²) in [5.41, 5.74) is -2.83. The van der Waals surface area contributed by atoms with Gasteiger partial charge in [-0.3, -0.25) is 0 Å². The molecule has 0 spiro atoms. The SMILES string of the molecule is Cc1ccc(-c2ccc(OC(F)(F)c3cccc(C(F)(F)F)c3F)c(F)c2F)cc1. The molecule has 0 amide bonds. The minimum absolute atomic E-state index is 0.242. The van der Waals surface area contributed by atoms with Crippen LogP contribution in [-0.2, 0) is 12.3 Å². The van der Waals surface area contributed by atoms with Gasteiger partial charge in [-0.05, 0) is 36.8 Å². The van der Waals surface area contributed by atoms with Crippen molar-refractivity contribution in [3.8, 4) is 16.9 Å². The summed E-state index contributed by atoms with van der Waals surface area (Å²) >= 11 is 0. The van der Waals surface area contributed by atoms with Crippen molar-refractivity contribution in [2.24, 2.45) is 0 Å². The van der Waals surface area contributed by atoms with Crippen LogP contribution in [0, 0.1) is 24.4 Å². The van der Waals surface area contributed by atoms with E-state index in [-0.39, 0.29) is 17.2 Å². The van der Waals surface area contributed by atoms with E-state index >= 15 is 0 Å². The molecule has 3 aromatic carbocycles. The van der Waals surface area contributed by atoms with Crippen LogP contribution in [0.25, 0.3) is 11.1 Å². The van der Waals surface area contributed by atoms with Crippen molar-refractivity contribution in [1.29, 1.82) is 0 Å². The first kappa shape index (κ1) is 21.6. The van der Waals surface area contributed by atoms with E-state index < -0.39 is 46.6 Å². The second kappa shape index (κ2) is 7.62. The Bertz CT molecular complexity index is 1070. The van der Waals surface area contributed by atoms with Crippen molar-refractivity contribution < 1.29 is 39.9 Å². The van der Waals surface area contributed by atoms with Gasteiger partial charge in [0.2, 0.25) is 5.82 Å². The van der Waals surface area contributed by atoms with Gasteiger partial charge in [0.1, 0.15) is 11.4 Å². The van der Waals surface area contributed by atoms with Crippen molar-refractivity contribution >= 4 is 0 Å². The smallest absolute Gasteiger partial charge is 0.426 e. The molecule has 3 aromatic rings. The van der Waals surface area contributed by atoms with E-state index in [1.54, 1.807) is 19.1 Å². The molecule has 0 radical (unpaired) electrons. The molecule has 0 atom stereocenters. The van der Waals surface area contributed by atoms with E-state index in [9.17, 15) is 35.1 Å². The minimum Gasteiger partial charge on any atom is -0.426 e. The van der Waals surface area contributed by atoms with Crippen molar-refractivity contribution in [1.82, 2.24) is 0 Å². The van der Waals surface area contributed by atoms with Gasteiger partial charge in [-0.1, -0.05) is 35.9 Å². The molecule has 0 unspecified atom stereocenters. The highest BCUT2D eigenvalue weighted by Gasteiger charge is 2.43. The zero-order valence-corrected chi connectivity index (χ0v) is 15.1. The maximum absolute atomic E-state index is 14.4. The molecule has 158 valence electrons. The topological polar surface area (TPSA) is 9.23 Å². The third kappa shape index (κ3) is 4.10. The van der Waals surface area contributed by atoms with Gasteiger partial charge in [-0.15, -0.1) is 0 Å². The van der Waals surface area contributed by atoms with Crippen molar-refractivity contribution in [2.75, 3.05) is 0 Å². The second-order valence-electron chi connectivity index (χ2n) is 6.39. The Morgan fingerprint density at radius 1 is 0.667 bits per heavy atom. The molecule has 3 rings (SSSR count). The summed E-state index contributed by atoms with van der Waals surface area (Å²) in [6, 6.07) is 9.06. The summed E-state index contributed by atoms with van der Waals surface area (Å²) in [4.78, 5) is 0. The van der Waals surface area contributed by atoms with Crippen LogP contribution in [0.4, 0.5) is 35.1 Å². The van der Waals surface area contributed by atoms with E-state index in [1.165, 1.54) is 12.1 Å². The molecule has 0 bridgehead atoms. The first-order chi connectivity index (χ1) is 13.9. The lowest BCUT2D eigenvalue weighted by atomic mass is 10.0. The average molecular weight is 432 g/mol. The summed E-state index contributed by atoms with van der Waals surface area (Å²) in [6.45, 7) is 1.77. The van der Waals surface area contributed by atoms with Crippen molar-refractivity contribution in [3.63, 3.8) is 0 Å². The van der Waals surface area contributed by atoms with E-state index in [4.69, 9.17) is 0 Å². The number of alkyl halides is 5. The molecular formula is C21H12F8O. The molecule has 0 heterocycles. The van der Waals surface area contributed by atoms with Crippen LogP contribution in [0.15, 0.2) is 54.6 Å². The predicted molar refractivity (Wildman–Crippen MR) is 92.5 cm³/mol. The Hall–Kier alpha value is -3.10. The quantitative estimate of drug-likeness (QED) is 0.396. The van der Waals surface area contributed by atoms with E-state index in [0.717, 1.165) is 11.6 Å². The number of rotatable bonds is 4. The highest BCUT2D eigenvalue weighted by molar-refractivity contribution is 5.65. The fraction of sp³-hybridized carbons (Fsp3) is 0.143. The summed E-state index contributed by atoms with van der Waals surface area (Å²) in [5, 5.41) is 0. The van der Waals surface area contributed by atoms with Gasteiger partial charge in [-0.25, -0.2) is 8.78 Å². The van der Waals surface area contributed by atoms with Crippen molar-refractivity contribution in [3.05, 3.63) is 88.7 Å². The third-order valence-corrected chi connectivity index (χ3v) is 4.27. The van der Waals surface area contributed by atoms with Crippen LogP contribution in [0.1, 0.15) is 16.7 Å². The lowest BCUT2D eigenvalue weighted by Gasteiger charge is -2.21. The normalized spacial score (nSPS) is 12.2. The van der Waals surface area contributed by atoms with E-state index in [0.29, 0.717) is 18.2 Å². The van der Waals surface area contributed by atoms with Gasteiger partial charge in [-0.2, -0.15) is 26.3 Å². The number of hydrogen-bond acceptors (Lipinski definition) is 1. The Balaban J connectivity index is 1.98. The maximum Gasteiger partial charge on any atom is 0.429 e. The van der Waals surface area contributed by atoms with E-state index in [2.05, 4.69) is 4.74 Å². The summed E-state index contributed by atoms with van der Waals surface area (Å²) in [7, 11) is 0. The number of halogens is 8. The van der Waals surface area contributed by atoms with Gasteiger partial charge >= 0.3 is 12.3 Å². The Labute approximate surface area is 165 Å². The Morgan fingerprint density at radius 2 is 1.27 bits per heavy atom. The number of hydrogen-bond donors (Lipinski definition) is 0. The number of aryl methyl sites for hydroxylation is 1. The zero-order valence-electron chi connectivity index (χ0n) is 15.1. The number of ether oxygens (including phenoxy) is 1. The molecule has 9 heteroatoms. The largest absolute Gasteiger partial charge is 0.429 e. The second-order valence-corrected chi connectivity index (χ2v) is 6.39. The first-order valence-corrected chi connectivity index (χ1v) is 8.40. The molecule has 30 heavy (non-hydrogen) atoms. The zero-order chi connectivity index (χ0) is 22.3. The molecule has 0 aliphatic rings. The first-order valence-electron chi connectivity index (χ1n) is 8.40. The van der Waals surface area contributed by atoms with Gasteiger partial charge in [0.25, 0.3) is 0 Å². The fourth-order valence-corrected chi connectivity index (χ4v) is 2.74.